The molecule has 1 heterocycles. The van der Waals surface area contributed by atoms with E-state index in [-0.39, 0.29) is 16.5 Å². The van der Waals surface area contributed by atoms with Crippen molar-refractivity contribution in [3.63, 3.8) is 0 Å². The van der Waals surface area contributed by atoms with Crippen LogP contribution in [0.15, 0.2) is 24.4 Å². The van der Waals surface area contributed by atoms with Crippen molar-refractivity contribution in [3.05, 3.63) is 45.1 Å². The van der Waals surface area contributed by atoms with Crippen LogP contribution < -0.4 is 10.1 Å². The Labute approximate surface area is 126 Å². The van der Waals surface area contributed by atoms with E-state index in [1.165, 1.54) is 18.2 Å². The Kier molecular flexibility index (Phi) is 4.54. The highest BCUT2D eigenvalue weighted by Gasteiger charge is 2.13. The Bertz CT molecular complexity index is 678. The number of nitro benzene ring substituents is 1. The Morgan fingerprint density at radius 3 is 2.90 bits per heavy atom. The summed E-state index contributed by atoms with van der Waals surface area (Å²) >= 11 is 6.00. The van der Waals surface area contributed by atoms with Gasteiger partial charge in [0.2, 0.25) is 11.8 Å². The maximum atomic E-state index is 10.8. The van der Waals surface area contributed by atoms with Crippen molar-refractivity contribution in [2.45, 2.75) is 13.8 Å². The zero-order valence-electron chi connectivity index (χ0n) is 11.5. The van der Waals surface area contributed by atoms with E-state index in [2.05, 4.69) is 15.3 Å². The van der Waals surface area contributed by atoms with Crippen LogP contribution in [0.25, 0.3) is 0 Å². The molecule has 0 saturated heterocycles. The lowest BCUT2D eigenvalue weighted by Gasteiger charge is -2.10. The first-order valence-electron chi connectivity index (χ1n) is 6.20. The van der Waals surface area contributed by atoms with Crippen molar-refractivity contribution in [3.8, 4) is 11.6 Å². The van der Waals surface area contributed by atoms with Crippen LogP contribution in [0.5, 0.6) is 11.6 Å². The van der Waals surface area contributed by atoms with Gasteiger partial charge < -0.3 is 10.1 Å². The Morgan fingerprint density at radius 2 is 2.24 bits per heavy atom. The van der Waals surface area contributed by atoms with Gasteiger partial charge in [0.25, 0.3) is 5.69 Å². The molecule has 8 heteroatoms. The molecular weight excluding hydrogens is 296 g/mol. The first-order valence-corrected chi connectivity index (χ1v) is 6.58. The Hall–Kier alpha value is -2.41. The van der Waals surface area contributed by atoms with Gasteiger partial charge in [-0.2, -0.15) is 4.98 Å². The number of aromatic nitrogens is 2. The second kappa shape index (κ2) is 6.36. The van der Waals surface area contributed by atoms with Gasteiger partial charge in [-0.25, -0.2) is 4.98 Å². The first-order chi connectivity index (χ1) is 10.0. The van der Waals surface area contributed by atoms with Crippen LogP contribution in [0.2, 0.25) is 5.02 Å². The predicted octanol–water partition coefficient (Wildman–Crippen LogP) is 3.57. The number of nitrogens with one attached hydrogen (secondary N) is 1. The summed E-state index contributed by atoms with van der Waals surface area (Å²) in [5.74, 6) is 0.887. The summed E-state index contributed by atoms with van der Waals surface area (Å²) in [5, 5.41) is 14.0. The quantitative estimate of drug-likeness (QED) is 0.670. The molecule has 0 aliphatic rings. The van der Waals surface area contributed by atoms with Gasteiger partial charge in [-0.3, -0.25) is 10.1 Å². The third-order valence-corrected chi connectivity index (χ3v) is 2.90. The molecule has 0 unspecified atom stereocenters. The van der Waals surface area contributed by atoms with Crippen molar-refractivity contribution >= 4 is 23.2 Å². The summed E-state index contributed by atoms with van der Waals surface area (Å²) in [5.41, 5.74) is 0.590. The third-order valence-electron chi connectivity index (χ3n) is 2.59. The van der Waals surface area contributed by atoms with Crippen LogP contribution in [0, 0.1) is 17.0 Å². The molecular formula is C13H13ClN4O3. The number of ether oxygens (including phenoxy) is 1. The number of hydrogen-bond acceptors (Lipinski definition) is 6. The van der Waals surface area contributed by atoms with Crippen LogP contribution in [0.3, 0.4) is 0 Å². The largest absolute Gasteiger partial charge is 0.437 e. The number of halogens is 1. The van der Waals surface area contributed by atoms with Gasteiger partial charge in [-0.05, 0) is 19.9 Å². The van der Waals surface area contributed by atoms with Crippen LogP contribution in [0.1, 0.15) is 12.5 Å². The molecule has 2 rings (SSSR count). The molecule has 0 radical (unpaired) electrons. The molecule has 110 valence electrons. The van der Waals surface area contributed by atoms with E-state index in [9.17, 15) is 10.1 Å². The fourth-order valence-corrected chi connectivity index (χ4v) is 1.72. The van der Waals surface area contributed by atoms with Gasteiger partial charge in [0, 0.05) is 24.4 Å². The maximum Gasteiger partial charge on any atom is 0.273 e. The highest BCUT2D eigenvalue weighted by molar-refractivity contribution is 6.32. The minimum absolute atomic E-state index is 0.104. The summed E-state index contributed by atoms with van der Waals surface area (Å²) in [4.78, 5) is 18.6. The predicted molar refractivity (Wildman–Crippen MR) is 79.1 cm³/mol. The maximum absolute atomic E-state index is 10.8. The van der Waals surface area contributed by atoms with Gasteiger partial charge in [-0.15, -0.1) is 0 Å². The Morgan fingerprint density at radius 1 is 1.48 bits per heavy atom. The van der Waals surface area contributed by atoms with Gasteiger partial charge in [-0.1, -0.05) is 11.6 Å². The normalized spacial score (nSPS) is 10.2. The number of nitrogens with zero attached hydrogens (tertiary/aromatic N) is 3. The summed E-state index contributed by atoms with van der Waals surface area (Å²) < 4.78 is 5.59. The SMILES string of the molecule is CCNc1ncc(C)c(Oc2cc([N+](=O)[O-])ccc2Cl)n1. The fraction of sp³-hybridized carbons (Fsp3) is 0.231. The molecule has 0 aliphatic heterocycles. The second-order valence-electron chi connectivity index (χ2n) is 4.19. The van der Waals surface area contributed by atoms with E-state index in [0.717, 1.165) is 0 Å². The fourth-order valence-electron chi connectivity index (χ4n) is 1.56. The highest BCUT2D eigenvalue weighted by atomic mass is 35.5. The molecule has 7 nitrogen and oxygen atoms in total. The smallest absolute Gasteiger partial charge is 0.273 e. The van der Waals surface area contributed by atoms with Gasteiger partial charge >= 0.3 is 0 Å². The molecule has 0 saturated carbocycles. The molecule has 0 atom stereocenters. The van der Waals surface area contributed by atoms with Crippen molar-refractivity contribution in [2.24, 2.45) is 0 Å². The van der Waals surface area contributed by atoms with E-state index < -0.39 is 4.92 Å². The molecule has 0 bridgehead atoms. The zero-order valence-corrected chi connectivity index (χ0v) is 12.2. The number of nitro groups is 1. The van der Waals surface area contributed by atoms with E-state index in [1.54, 1.807) is 13.1 Å². The lowest BCUT2D eigenvalue weighted by atomic mass is 10.3. The van der Waals surface area contributed by atoms with E-state index in [4.69, 9.17) is 16.3 Å². The second-order valence-corrected chi connectivity index (χ2v) is 4.59. The first kappa shape index (κ1) is 15.0. The molecule has 0 spiro atoms. The number of non-ortho nitro benzene ring substituents is 1. The number of benzene rings is 1. The lowest BCUT2D eigenvalue weighted by Crippen LogP contribution is -2.04. The van der Waals surface area contributed by atoms with Crippen LogP contribution >= 0.6 is 11.6 Å². The van der Waals surface area contributed by atoms with Crippen LogP contribution in [-0.2, 0) is 0 Å². The zero-order chi connectivity index (χ0) is 15.4. The van der Waals surface area contributed by atoms with Crippen molar-refractivity contribution in [2.75, 3.05) is 11.9 Å². The van der Waals surface area contributed by atoms with Crippen molar-refractivity contribution in [1.82, 2.24) is 9.97 Å². The number of hydrogen-bond donors (Lipinski definition) is 1. The van der Waals surface area contributed by atoms with Crippen molar-refractivity contribution in [1.29, 1.82) is 0 Å². The standard InChI is InChI=1S/C13H13ClN4O3/c1-3-15-13-16-7-8(2)12(17-13)21-11-6-9(18(19)20)4-5-10(11)14/h4-7H,3H2,1-2H3,(H,15,16,17). The average molecular weight is 309 g/mol. The van der Waals surface area contributed by atoms with Crippen LogP contribution in [-0.4, -0.2) is 21.4 Å². The summed E-state index contributed by atoms with van der Waals surface area (Å²) in [6.45, 7) is 4.36. The van der Waals surface area contributed by atoms with Gasteiger partial charge in [0.1, 0.15) is 0 Å². The third kappa shape index (κ3) is 3.57. The van der Waals surface area contributed by atoms with E-state index in [1.807, 2.05) is 6.92 Å². The molecule has 1 aromatic heterocycles. The molecule has 1 aromatic carbocycles. The van der Waals surface area contributed by atoms with Crippen molar-refractivity contribution < 1.29 is 9.66 Å². The molecule has 2 aromatic rings. The summed E-state index contributed by atoms with van der Waals surface area (Å²) in [7, 11) is 0. The average Bonchev–Trinajstić information content (AvgIpc) is 2.45. The van der Waals surface area contributed by atoms with E-state index >= 15 is 0 Å². The lowest BCUT2D eigenvalue weighted by molar-refractivity contribution is -0.384. The Balaban J connectivity index is 2.35. The van der Waals surface area contributed by atoms with E-state index in [0.29, 0.717) is 23.9 Å². The molecule has 1 N–H and O–H groups in total. The number of anilines is 1. The summed E-state index contributed by atoms with van der Waals surface area (Å²) in [6.07, 6.45) is 1.60. The topological polar surface area (TPSA) is 90.2 Å². The number of rotatable bonds is 5. The van der Waals surface area contributed by atoms with Gasteiger partial charge in [0.15, 0.2) is 5.75 Å². The monoisotopic (exact) mass is 308 g/mol. The minimum Gasteiger partial charge on any atom is -0.437 e. The molecule has 0 amide bonds. The highest BCUT2D eigenvalue weighted by Crippen LogP contribution is 2.33. The molecule has 0 fully saturated rings. The summed E-state index contributed by atoms with van der Waals surface area (Å²) in [6, 6.07) is 3.99. The number of aryl methyl sites for hydroxylation is 1. The van der Waals surface area contributed by atoms with Gasteiger partial charge in [0.05, 0.1) is 16.0 Å². The molecule has 0 aliphatic carbocycles. The van der Waals surface area contributed by atoms with Crippen LogP contribution in [0.4, 0.5) is 11.6 Å². The minimum atomic E-state index is -0.514. The molecule has 21 heavy (non-hydrogen) atoms.